The number of aryl methyl sites for hydroxylation is 8. The fraction of sp³-hybridized carbons (Fsp3) is 0.324. The molecule has 1 aliphatic carbocycles. The summed E-state index contributed by atoms with van der Waals surface area (Å²) >= 11 is 0. The van der Waals surface area contributed by atoms with Crippen LogP contribution in [0, 0.1) is 41.5 Å². The fourth-order valence-electron chi connectivity index (χ4n) is 12.5. The van der Waals surface area contributed by atoms with E-state index in [1.165, 1.54) is 199 Å². The van der Waals surface area contributed by atoms with Crippen LogP contribution in [0.4, 0.5) is 0 Å². The molecule has 0 nitrogen and oxygen atoms in total. The summed E-state index contributed by atoms with van der Waals surface area (Å²) in [5.41, 5.74) is 28.3. The van der Waals surface area contributed by atoms with Crippen LogP contribution in [-0.2, 0) is 18.3 Å². The zero-order valence-corrected chi connectivity index (χ0v) is 44.4. The van der Waals surface area contributed by atoms with E-state index in [9.17, 15) is 0 Å². The molecule has 0 aromatic heterocycles. The molecule has 0 aliphatic heterocycles. The Morgan fingerprint density at radius 3 is 0.930 bits per heavy atom. The van der Waals surface area contributed by atoms with E-state index in [0.717, 1.165) is 12.8 Å². The maximum absolute atomic E-state index is 2.55. The third-order valence-corrected chi connectivity index (χ3v) is 15.9. The van der Waals surface area contributed by atoms with Crippen molar-refractivity contribution in [1.82, 2.24) is 0 Å². The molecule has 8 aromatic rings. The van der Waals surface area contributed by atoms with Crippen LogP contribution >= 0.6 is 0 Å². The molecule has 0 unspecified atom stereocenters. The molecular weight excluding hydrogens is 853 g/mol. The Bertz CT molecular complexity index is 2810. The lowest BCUT2D eigenvalue weighted by atomic mass is 9.66. The zero-order valence-electron chi connectivity index (χ0n) is 44.4. The lowest BCUT2D eigenvalue weighted by Crippen LogP contribution is -2.28. The average Bonchev–Trinajstić information content (AvgIpc) is 3.65. The summed E-state index contributed by atoms with van der Waals surface area (Å²) in [6.07, 6.45) is 18.2. The molecule has 0 amide bonds. The van der Waals surface area contributed by atoms with Crippen molar-refractivity contribution in [3.05, 3.63) is 224 Å². The number of rotatable bonds is 20. The summed E-state index contributed by atoms with van der Waals surface area (Å²) in [5, 5.41) is 0. The molecule has 0 spiro atoms. The van der Waals surface area contributed by atoms with E-state index in [1.54, 1.807) is 0 Å². The molecule has 362 valence electrons. The first-order valence-electron chi connectivity index (χ1n) is 27.4. The maximum atomic E-state index is 2.55. The van der Waals surface area contributed by atoms with Crippen LogP contribution in [0.5, 0.6) is 0 Å². The van der Waals surface area contributed by atoms with E-state index in [1.807, 2.05) is 0 Å². The van der Waals surface area contributed by atoms with Crippen LogP contribution in [0.3, 0.4) is 0 Å². The number of fused-ring (bicyclic) bond motifs is 3. The number of hydrogen-bond donors (Lipinski definition) is 0. The minimum atomic E-state index is -0.589. The van der Waals surface area contributed by atoms with Gasteiger partial charge in [0.15, 0.2) is 0 Å². The average molecular weight is 931 g/mol. The van der Waals surface area contributed by atoms with E-state index in [0.29, 0.717) is 0 Å². The molecule has 0 saturated heterocycles. The molecular formula is C71H78. The SMILES string of the molecule is CCCCCCCCc1ccc(-c2ccc(C3(c4ccc(-c5ccc(CCCCCCCC)cc5)cc4)c4cc(-c5c(C)cc(C)cc5C)ccc4-c4ccc(-c5c(C)cc(C)cc5C)cc43)cc2)cc1. The van der Waals surface area contributed by atoms with E-state index in [4.69, 9.17) is 0 Å². The van der Waals surface area contributed by atoms with Gasteiger partial charge in [0.1, 0.15) is 0 Å². The lowest BCUT2D eigenvalue weighted by molar-refractivity contribution is 0.607. The van der Waals surface area contributed by atoms with Crippen molar-refractivity contribution in [3.63, 3.8) is 0 Å². The van der Waals surface area contributed by atoms with Crippen LogP contribution in [0.15, 0.2) is 158 Å². The number of unbranched alkanes of at least 4 members (excludes halogenated alkanes) is 10. The van der Waals surface area contributed by atoms with Gasteiger partial charge in [-0.15, -0.1) is 0 Å². The van der Waals surface area contributed by atoms with Gasteiger partial charge in [0.25, 0.3) is 0 Å². The molecule has 0 heterocycles. The fourth-order valence-corrected chi connectivity index (χ4v) is 12.5. The smallest absolute Gasteiger partial charge is 0.0654 e. The number of benzene rings is 8. The Morgan fingerprint density at radius 2 is 0.592 bits per heavy atom. The van der Waals surface area contributed by atoms with Gasteiger partial charge in [-0.05, 0) is 191 Å². The van der Waals surface area contributed by atoms with Crippen molar-refractivity contribution < 1.29 is 0 Å². The highest BCUT2D eigenvalue weighted by Gasteiger charge is 2.46. The first kappa shape index (κ1) is 49.7. The van der Waals surface area contributed by atoms with Gasteiger partial charge in [-0.1, -0.05) is 235 Å². The molecule has 1 aliphatic rings. The van der Waals surface area contributed by atoms with E-state index in [2.05, 4.69) is 213 Å². The Hall–Kier alpha value is -6.24. The van der Waals surface area contributed by atoms with Crippen molar-refractivity contribution in [3.8, 4) is 55.6 Å². The molecule has 0 fully saturated rings. The third kappa shape index (κ3) is 10.6. The topological polar surface area (TPSA) is 0 Å². The molecule has 0 bridgehead atoms. The van der Waals surface area contributed by atoms with Crippen LogP contribution in [-0.4, -0.2) is 0 Å². The predicted octanol–water partition coefficient (Wildman–Crippen LogP) is 20.4. The Kier molecular flexibility index (Phi) is 15.7. The van der Waals surface area contributed by atoms with Gasteiger partial charge in [0.2, 0.25) is 0 Å². The van der Waals surface area contributed by atoms with E-state index < -0.39 is 5.41 Å². The Morgan fingerprint density at radius 1 is 0.296 bits per heavy atom. The molecule has 0 saturated carbocycles. The molecule has 0 heteroatoms. The molecule has 71 heavy (non-hydrogen) atoms. The second kappa shape index (κ2) is 22.5. The second-order valence-electron chi connectivity index (χ2n) is 21.4. The molecule has 0 radical (unpaired) electrons. The summed E-state index contributed by atoms with van der Waals surface area (Å²) in [6, 6.07) is 62.2. The summed E-state index contributed by atoms with van der Waals surface area (Å²) in [6.45, 7) is 18.1. The molecule has 0 N–H and O–H groups in total. The number of hydrogen-bond acceptors (Lipinski definition) is 0. The quantitative estimate of drug-likeness (QED) is 0.0668. The van der Waals surface area contributed by atoms with Gasteiger partial charge in [-0.3, -0.25) is 0 Å². The largest absolute Gasteiger partial charge is 0.0714 e. The summed E-state index contributed by atoms with van der Waals surface area (Å²) < 4.78 is 0. The van der Waals surface area contributed by atoms with Crippen molar-refractivity contribution in [1.29, 1.82) is 0 Å². The van der Waals surface area contributed by atoms with Gasteiger partial charge < -0.3 is 0 Å². The minimum absolute atomic E-state index is 0.589. The monoisotopic (exact) mass is 931 g/mol. The van der Waals surface area contributed by atoms with Crippen molar-refractivity contribution in [2.45, 2.75) is 151 Å². The van der Waals surface area contributed by atoms with Gasteiger partial charge >= 0.3 is 0 Å². The molecule has 8 aromatic carbocycles. The standard InChI is InChI=1S/C71H78/c1-9-11-13-15-17-19-21-55-23-27-57(28-24-55)59-31-37-63(38-32-59)71(64-39-33-60(34-40-64)58-29-25-56(26-30-58)22-20-18-16-14-12-10-2)67-47-61(69-51(5)43-49(3)44-52(69)6)35-41-65(67)66-42-36-62(48-68(66)71)70-53(7)45-50(4)46-54(70)8/h23-48H,9-22H2,1-8H3. The second-order valence-corrected chi connectivity index (χ2v) is 21.4. The van der Waals surface area contributed by atoms with Crippen LogP contribution in [0.25, 0.3) is 55.6 Å². The van der Waals surface area contributed by atoms with Crippen molar-refractivity contribution >= 4 is 0 Å². The van der Waals surface area contributed by atoms with Crippen LogP contribution in [0.1, 0.15) is 158 Å². The highest BCUT2D eigenvalue weighted by molar-refractivity contribution is 5.91. The highest BCUT2D eigenvalue weighted by atomic mass is 14.5. The predicted molar refractivity (Wildman–Crippen MR) is 308 cm³/mol. The van der Waals surface area contributed by atoms with Crippen LogP contribution < -0.4 is 0 Å². The minimum Gasteiger partial charge on any atom is -0.0654 e. The Balaban J connectivity index is 1.17. The first-order valence-corrected chi connectivity index (χ1v) is 27.4. The summed E-state index contributed by atoms with van der Waals surface area (Å²) in [7, 11) is 0. The van der Waals surface area contributed by atoms with Crippen molar-refractivity contribution in [2.24, 2.45) is 0 Å². The van der Waals surface area contributed by atoms with Crippen molar-refractivity contribution in [2.75, 3.05) is 0 Å². The molecule has 0 atom stereocenters. The Labute approximate surface area is 428 Å². The van der Waals surface area contributed by atoms with E-state index in [-0.39, 0.29) is 0 Å². The summed E-state index contributed by atoms with van der Waals surface area (Å²) in [4.78, 5) is 0. The van der Waals surface area contributed by atoms with E-state index >= 15 is 0 Å². The maximum Gasteiger partial charge on any atom is 0.0714 e. The summed E-state index contributed by atoms with van der Waals surface area (Å²) in [5.74, 6) is 0. The highest BCUT2D eigenvalue weighted by Crippen LogP contribution is 2.58. The zero-order chi connectivity index (χ0) is 49.5. The van der Waals surface area contributed by atoms with Gasteiger partial charge in [-0.2, -0.15) is 0 Å². The van der Waals surface area contributed by atoms with Gasteiger partial charge in [0.05, 0.1) is 5.41 Å². The lowest BCUT2D eigenvalue weighted by Gasteiger charge is -2.35. The van der Waals surface area contributed by atoms with Gasteiger partial charge in [0, 0.05) is 0 Å². The van der Waals surface area contributed by atoms with Crippen LogP contribution in [0.2, 0.25) is 0 Å². The third-order valence-electron chi connectivity index (χ3n) is 15.9. The van der Waals surface area contributed by atoms with Gasteiger partial charge in [-0.25, -0.2) is 0 Å². The molecule has 9 rings (SSSR count). The normalized spacial score (nSPS) is 12.6. The first-order chi connectivity index (χ1) is 34.6.